The van der Waals surface area contributed by atoms with Crippen LogP contribution < -0.4 is 5.32 Å². The normalized spacial score (nSPS) is 23.4. The number of carbonyl (C=O) groups excluding carboxylic acids is 1. The Morgan fingerprint density at radius 3 is 3.00 bits per heavy atom. The lowest BCUT2D eigenvalue weighted by molar-refractivity contribution is -0.121. The van der Waals surface area contributed by atoms with Crippen LogP contribution in [0, 0.1) is 0 Å². The minimum atomic E-state index is 0.0685. The van der Waals surface area contributed by atoms with Crippen molar-refractivity contribution in [3.63, 3.8) is 0 Å². The maximum Gasteiger partial charge on any atom is 0.221 e. The van der Waals surface area contributed by atoms with Crippen molar-refractivity contribution in [1.29, 1.82) is 0 Å². The van der Waals surface area contributed by atoms with Crippen molar-refractivity contribution < 1.29 is 4.79 Å². The van der Waals surface area contributed by atoms with Gasteiger partial charge in [-0.1, -0.05) is 6.42 Å². The summed E-state index contributed by atoms with van der Waals surface area (Å²) in [5.41, 5.74) is 0. The largest absolute Gasteiger partial charge is 0.354 e. The van der Waals surface area contributed by atoms with Crippen LogP contribution in [0.4, 0.5) is 0 Å². The fourth-order valence-electron chi connectivity index (χ4n) is 1.81. The summed E-state index contributed by atoms with van der Waals surface area (Å²) in [5.74, 6) is 0.478. The number of alkyl halides is 1. The molecule has 1 rings (SSSR count). The number of likely N-dealkylation sites (N-methyl/N-ethyl adjacent to an activating group) is 1. The molecule has 1 aliphatic rings. The van der Waals surface area contributed by atoms with Gasteiger partial charge in [-0.2, -0.15) is 0 Å². The van der Waals surface area contributed by atoms with E-state index in [0.717, 1.165) is 13.1 Å². The molecular weight excluding hydrogens is 200 g/mol. The first kappa shape index (κ1) is 11.8. The summed E-state index contributed by atoms with van der Waals surface area (Å²) in [6.45, 7) is 1.92. The van der Waals surface area contributed by atoms with Crippen LogP contribution in [0.2, 0.25) is 0 Å². The van der Waals surface area contributed by atoms with Gasteiger partial charge in [-0.15, -0.1) is 11.6 Å². The van der Waals surface area contributed by atoms with Gasteiger partial charge in [0.15, 0.2) is 0 Å². The van der Waals surface area contributed by atoms with E-state index in [1.807, 2.05) is 0 Å². The monoisotopic (exact) mass is 218 g/mol. The lowest BCUT2D eigenvalue weighted by Gasteiger charge is -2.32. The Morgan fingerprint density at radius 1 is 1.57 bits per heavy atom. The van der Waals surface area contributed by atoms with E-state index in [0.29, 0.717) is 18.3 Å². The van der Waals surface area contributed by atoms with Crippen LogP contribution in [0.1, 0.15) is 25.7 Å². The number of hydrogen-bond donors (Lipinski definition) is 1. The number of amides is 1. The molecule has 0 bridgehead atoms. The number of rotatable bonds is 4. The van der Waals surface area contributed by atoms with E-state index < -0.39 is 0 Å². The number of nitrogens with zero attached hydrogens (tertiary/aromatic N) is 1. The molecule has 14 heavy (non-hydrogen) atoms. The van der Waals surface area contributed by atoms with E-state index in [-0.39, 0.29) is 5.91 Å². The van der Waals surface area contributed by atoms with Crippen LogP contribution in [-0.4, -0.2) is 42.9 Å². The van der Waals surface area contributed by atoms with Gasteiger partial charge in [-0.05, 0) is 26.4 Å². The molecule has 4 heteroatoms. The van der Waals surface area contributed by atoms with Gasteiger partial charge in [-0.25, -0.2) is 0 Å². The minimum Gasteiger partial charge on any atom is -0.354 e. The molecule has 1 fully saturated rings. The van der Waals surface area contributed by atoms with Crippen LogP contribution in [0.25, 0.3) is 0 Å². The average Bonchev–Trinajstić information content (AvgIpc) is 2.17. The second kappa shape index (κ2) is 6.25. The molecule has 0 radical (unpaired) electrons. The SMILES string of the molecule is CN1CCCCC1CNC(=O)CCCl. The van der Waals surface area contributed by atoms with Crippen molar-refractivity contribution in [1.82, 2.24) is 10.2 Å². The molecule has 0 spiro atoms. The van der Waals surface area contributed by atoms with Gasteiger partial charge in [0.25, 0.3) is 0 Å². The summed E-state index contributed by atoms with van der Waals surface area (Å²) in [7, 11) is 2.12. The standard InChI is InChI=1S/C10H19ClN2O/c1-13-7-3-2-4-9(13)8-12-10(14)5-6-11/h9H,2-8H2,1H3,(H,12,14). The summed E-state index contributed by atoms with van der Waals surface area (Å²) in [4.78, 5) is 13.5. The Labute approximate surface area is 90.8 Å². The molecule has 0 saturated carbocycles. The third-order valence-corrected chi connectivity index (χ3v) is 2.97. The molecule has 0 aromatic heterocycles. The first-order chi connectivity index (χ1) is 6.74. The van der Waals surface area contributed by atoms with E-state index in [9.17, 15) is 4.79 Å². The highest BCUT2D eigenvalue weighted by atomic mass is 35.5. The molecule has 0 aromatic rings. The molecule has 1 saturated heterocycles. The third kappa shape index (κ3) is 3.84. The summed E-state index contributed by atoms with van der Waals surface area (Å²) >= 11 is 5.48. The second-order valence-corrected chi connectivity index (χ2v) is 4.25. The number of nitrogens with one attached hydrogen (secondary N) is 1. The Morgan fingerprint density at radius 2 is 2.36 bits per heavy atom. The molecule has 1 amide bonds. The van der Waals surface area contributed by atoms with Crippen LogP contribution >= 0.6 is 11.6 Å². The topological polar surface area (TPSA) is 32.3 Å². The smallest absolute Gasteiger partial charge is 0.221 e. The maximum absolute atomic E-state index is 11.2. The van der Waals surface area contributed by atoms with E-state index in [1.54, 1.807) is 0 Å². The van der Waals surface area contributed by atoms with Gasteiger partial charge in [0.05, 0.1) is 0 Å². The molecule has 3 nitrogen and oxygen atoms in total. The summed E-state index contributed by atoms with van der Waals surface area (Å²) in [5, 5.41) is 2.92. The molecule has 1 aliphatic heterocycles. The molecule has 82 valence electrons. The van der Waals surface area contributed by atoms with Gasteiger partial charge in [0.2, 0.25) is 5.91 Å². The number of likely N-dealkylation sites (tertiary alicyclic amines) is 1. The third-order valence-electron chi connectivity index (χ3n) is 2.78. The number of piperidine rings is 1. The lowest BCUT2D eigenvalue weighted by atomic mass is 10.0. The predicted octanol–water partition coefficient (Wildman–Crippen LogP) is 1.22. The van der Waals surface area contributed by atoms with Crippen LogP contribution in [0.5, 0.6) is 0 Å². The van der Waals surface area contributed by atoms with Gasteiger partial charge in [0, 0.05) is 24.9 Å². The highest BCUT2D eigenvalue weighted by Crippen LogP contribution is 2.13. The predicted molar refractivity (Wildman–Crippen MR) is 58.6 cm³/mol. The van der Waals surface area contributed by atoms with E-state index in [4.69, 9.17) is 11.6 Å². The molecule has 0 aromatic carbocycles. The Balaban J connectivity index is 2.19. The molecule has 1 atom stereocenters. The van der Waals surface area contributed by atoms with Crippen LogP contribution in [0.15, 0.2) is 0 Å². The zero-order valence-electron chi connectivity index (χ0n) is 8.76. The zero-order valence-corrected chi connectivity index (χ0v) is 9.52. The summed E-state index contributed by atoms with van der Waals surface area (Å²) in [6, 6.07) is 0.517. The average molecular weight is 219 g/mol. The number of carbonyl (C=O) groups is 1. The van der Waals surface area contributed by atoms with Crippen molar-refractivity contribution in [3.05, 3.63) is 0 Å². The van der Waals surface area contributed by atoms with Gasteiger partial charge in [-0.3, -0.25) is 4.79 Å². The van der Waals surface area contributed by atoms with Crippen molar-refractivity contribution in [3.8, 4) is 0 Å². The van der Waals surface area contributed by atoms with Crippen LogP contribution in [0.3, 0.4) is 0 Å². The summed E-state index contributed by atoms with van der Waals surface area (Å²) in [6.07, 6.45) is 4.18. The fourth-order valence-corrected chi connectivity index (χ4v) is 1.98. The fraction of sp³-hybridized carbons (Fsp3) is 0.900. The molecule has 1 unspecified atom stereocenters. The quantitative estimate of drug-likeness (QED) is 0.720. The first-order valence-corrected chi connectivity index (χ1v) is 5.80. The minimum absolute atomic E-state index is 0.0685. The van der Waals surface area contributed by atoms with Gasteiger partial charge < -0.3 is 10.2 Å². The maximum atomic E-state index is 11.2. The summed E-state index contributed by atoms with van der Waals surface area (Å²) < 4.78 is 0. The first-order valence-electron chi connectivity index (χ1n) is 5.27. The van der Waals surface area contributed by atoms with Crippen molar-refractivity contribution >= 4 is 17.5 Å². The molecular formula is C10H19ClN2O. The Hall–Kier alpha value is -0.280. The lowest BCUT2D eigenvalue weighted by Crippen LogP contribution is -2.44. The molecule has 1 N–H and O–H groups in total. The zero-order chi connectivity index (χ0) is 10.4. The second-order valence-electron chi connectivity index (χ2n) is 3.87. The number of halogens is 1. The Kier molecular flexibility index (Phi) is 5.26. The Bertz CT molecular complexity index is 187. The van der Waals surface area contributed by atoms with Crippen molar-refractivity contribution in [2.75, 3.05) is 26.0 Å². The van der Waals surface area contributed by atoms with E-state index in [1.165, 1.54) is 19.3 Å². The highest BCUT2D eigenvalue weighted by molar-refractivity contribution is 6.18. The van der Waals surface area contributed by atoms with Gasteiger partial charge >= 0.3 is 0 Å². The molecule has 1 heterocycles. The van der Waals surface area contributed by atoms with Gasteiger partial charge in [0.1, 0.15) is 0 Å². The van der Waals surface area contributed by atoms with Crippen LogP contribution in [-0.2, 0) is 4.79 Å². The van der Waals surface area contributed by atoms with Crippen molar-refractivity contribution in [2.24, 2.45) is 0 Å². The highest BCUT2D eigenvalue weighted by Gasteiger charge is 2.18. The van der Waals surface area contributed by atoms with E-state index in [2.05, 4.69) is 17.3 Å². The van der Waals surface area contributed by atoms with E-state index >= 15 is 0 Å². The number of hydrogen-bond acceptors (Lipinski definition) is 2. The van der Waals surface area contributed by atoms with Crippen molar-refractivity contribution in [2.45, 2.75) is 31.7 Å². The molecule has 0 aliphatic carbocycles.